The molecule has 1 aromatic heterocycles. The number of rotatable bonds is 3. The zero-order chi connectivity index (χ0) is 10.7. The van der Waals surface area contributed by atoms with E-state index in [9.17, 15) is 0 Å². The van der Waals surface area contributed by atoms with Gasteiger partial charge >= 0.3 is 0 Å². The molecular weight excluding hydrogens is 272 g/mol. The smallest absolute Gasteiger partial charge is 0.0701 e. The van der Waals surface area contributed by atoms with Crippen molar-refractivity contribution < 1.29 is 0 Å². The first-order chi connectivity index (χ1) is 7.25. The van der Waals surface area contributed by atoms with Gasteiger partial charge in [-0.3, -0.25) is 0 Å². The number of nitrogens with one attached hydrogen (secondary N) is 1. The van der Waals surface area contributed by atoms with Gasteiger partial charge < -0.3 is 11.1 Å². The third kappa shape index (κ3) is 3.28. The van der Waals surface area contributed by atoms with E-state index >= 15 is 0 Å². The molecule has 0 bridgehead atoms. The Labute approximate surface area is 103 Å². The molecule has 1 aliphatic heterocycles. The highest BCUT2D eigenvalue weighted by Gasteiger charge is 2.18. The molecule has 0 saturated carbocycles. The number of hydrogen-bond acceptors (Lipinski definition) is 3. The summed E-state index contributed by atoms with van der Waals surface area (Å²) in [7, 11) is 0. The fourth-order valence-electron chi connectivity index (χ4n) is 2.12. The molecule has 2 heterocycles. The molecule has 1 aromatic rings. The van der Waals surface area contributed by atoms with Gasteiger partial charge in [0.1, 0.15) is 0 Å². The molecule has 0 amide bonds. The maximum Gasteiger partial charge on any atom is 0.0701 e. The molecule has 0 spiro atoms. The Balaban J connectivity index is 1.88. The summed E-state index contributed by atoms with van der Waals surface area (Å²) in [6.07, 6.45) is 3.69. The van der Waals surface area contributed by atoms with Crippen LogP contribution in [0.2, 0.25) is 0 Å². The second-order valence-electron chi connectivity index (χ2n) is 4.18. The molecule has 84 valence electrons. The topological polar surface area (TPSA) is 38.0 Å². The molecule has 1 atom stereocenters. The van der Waals surface area contributed by atoms with Gasteiger partial charge in [-0.2, -0.15) is 0 Å². The lowest BCUT2D eigenvalue weighted by atomic mass is 9.91. The van der Waals surface area contributed by atoms with Crippen molar-refractivity contribution in [3.05, 3.63) is 20.8 Å². The zero-order valence-corrected chi connectivity index (χ0v) is 11.1. The summed E-state index contributed by atoms with van der Waals surface area (Å²) < 4.78 is 1.18. The minimum Gasteiger partial charge on any atom is -0.323 e. The SMILES string of the molecule is NC(CC1CCNCC1)c1ccc(Br)s1. The van der Waals surface area contributed by atoms with E-state index in [0.717, 1.165) is 25.4 Å². The number of halogens is 1. The number of nitrogens with two attached hydrogens (primary N) is 1. The van der Waals surface area contributed by atoms with E-state index in [4.69, 9.17) is 5.73 Å². The summed E-state index contributed by atoms with van der Waals surface area (Å²) in [5.74, 6) is 0.808. The summed E-state index contributed by atoms with van der Waals surface area (Å²) in [4.78, 5) is 1.31. The van der Waals surface area contributed by atoms with Crippen LogP contribution >= 0.6 is 27.3 Å². The van der Waals surface area contributed by atoms with Gasteiger partial charge in [0.2, 0.25) is 0 Å². The van der Waals surface area contributed by atoms with Crippen LogP contribution in [0.25, 0.3) is 0 Å². The highest BCUT2D eigenvalue weighted by molar-refractivity contribution is 9.11. The first-order valence-electron chi connectivity index (χ1n) is 5.47. The van der Waals surface area contributed by atoms with Gasteiger partial charge in [0.05, 0.1) is 3.79 Å². The molecule has 0 aliphatic carbocycles. The molecule has 0 aromatic carbocycles. The quantitative estimate of drug-likeness (QED) is 0.898. The maximum absolute atomic E-state index is 6.21. The van der Waals surface area contributed by atoms with E-state index in [-0.39, 0.29) is 6.04 Å². The molecule has 1 fully saturated rings. The maximum atomic E-state index is 6.21. The number of hydrogen-bond donors (Lipinski definition) is 2. The van der Waals surface area contributed by atoms with Crippen LogP contribution in [0.15, 0.2) is 15.9 Å². The van der Waals surface area contributed by atoms with Crippen LogP contribution in [0.4, 0.5) is 0 Å². The fraction of sp³-hybridized carbons (Fsp3) is 0.636. The van der Waals surface area contributed by atoms with E-state index in [2.05, 4.69) is 33.4 Å². The average Bonchev–Trinajstić information content (AvgIpc) is 2.66. The summed E-state index contributed by atoms with van der Waals surface area (Å²) >= 11 is 5.24. The third-order valence-corrected chi connectivity index (χ3v) is 4.76. The van der Waals surface area contributed by atoms with Crippen LogP contribution in [0.3, 0.4) is 0 Å². The highest BCUT2D eigenvalue weighted by Crippen LogP contribution is 2.31. The molecule has 1 saturated heterocycles. The summed E-state index contributed by atoms with van der Waals surface area (Å²) in [6.45, 7) is 2.32. The van der Waals surface area contributed by atoms with E-state index in [1.54, 1.807) is 11.3 Å². The molecule has 4 heteroatoms. The van der Waals surface area contributed by atoms with Gasteiger partial charge in [0.25, 0.3) is 0 Å². The van der Waals surface area contributed by atoms with Gasteiger partial charge in [-0.25, -0.2) is 0 Å². The van der Waals surface area contributed by atoms with Gasteiger partial charge in [0.15, 0.2) is 0 Å². The molecule has 2 nitrogen and oxygen atoms in total. The van der Waals surface area contributed by atoms with E-state index in [1.807, 2.05) is 0 Å². The Kier molecular flexibility index (Phi) is 4.20. The van der Waals surface area contributed by atoms with Crippen molar-refractivity contribution in [1.82, 2.24) is 5.32 Å². The Morgan fingerprint density at radius 1 is 1.47 bits per heavy atom. The minimum atomic E-state index is 0.226. The minimum absolute atomic E-state index is 0.226. The Morgan fingerprint density at radius 3 is 2.80 bits per heavy atom. The summed E-state index contributed by atoms with van der Waals surface area (Å²) in [5, 5.41) is 3.39. The lowest BCUT2D eigenvalue weighted by Crippen LogP contribution is -2.29. The summed E-state index contributed by atoms with van der Waals surface area (Å²) in [6, 6.07) is 4.45. The Bertz CT molecular complexity index is 307. The molecule has 2 rings (SSSR count). The first kappa shape index (κ1) is 11.6. The van der Waals surface area contributed by atoms with Gasteiger partial charge in [-0.15, -0.1) is 11.3 Å². The van der Waals surface area contributed by atoms with Crippen LogP contribution in [0.5, 0.6) is 0 Å². The predicted molar refractivity (Wildman–Crippen MR) is 69.2 cm³/mol. The van der Waals surface area contributed by atoms with Crippen molar-refractivity contribution in [3.63, 3.8) is 0 Å². The summed E-state index contributed by atoms with van der Waals surface area (Å²) in [5.41, 5.74) is 6.21. The number of thiophene rings is 1. The molecule has 0 radical (unpaired) electrons. The first-order valence-corrected chi connectivity index (χ1v) is 7.08. The molecular formula is C11H17BrN2S. The number of piperidine rings is 1. The van der Waals surface area contributed by atoms with Crippen molar-refractivity contribution in [3.8, 4) is 0 Å². The molecule has 1 unspecified atom stereocenters. The van der Waals surface area contributed by atoms with Gasteiger partial charge in [-0.05, 0) is 66.3 Å². The van der Waals surface area contributed by atoms with Crippen LogP contribution in [0.1, 0.15) is 30.2 Å². The Hall–Kier alpha value is 0.1000. The van der Waals surface area contributed by atoms with Gasteiger partial charge in [0, 0.05) is 10.9 Å². The van der Waals surface area contributed by atoms with Crippen molar-refractivity contribution in [1.29, 1.82) is 0 Å². The van der Waals surface area contributed by atoms with Gasteiger partial charge in [-0.1, -0.05) is 0 Å². The largest absolute Gasteiger partial charge is 0.323 e. The lowest BCUT2D eigenvalue weighted by molar-refractivity contribution is 0.334. The van der Waals surface area contributed by atoms with E-state index in [0.29, 0.717) is 0 Å². The predicted octanol–water partition coefficient (Wildman–Crippen LogP) is 2.90. The highest BCUT2D eigenvalue weighted by atomic mass is 79.9. The molecule has 15 heavy (non-hydrogen) atoms. The second kappa shape index (κ2) is 5.43. The van der Waals surface area contributed by atoms with E-state index < -0.39 is 0 Å². The lowest BCUT2D eigenvalue weighted by Gasteiger charge is -2.24. The van der Waals surface area contributed by atoms with Crippen molar-refractivity contribution in [2.45, 2.75) is 25.3 Å². The van der Waals surface area contributed by atoms with Crippen molar-refractivity contribution >= 4 is 27.3 Å². The van der Waals surface area contributed by atoms with Crippen LogP contribution in [-0.4, -0.2) is 13.1 Å². The van der Waals surface area contributed by atoms with Crippen LogP contribution < -0.4 is 11.1 Å². The van der Waals surface area contributed by atoms with Crippen molar-refractivity contribution in [2.75, 3.05) is 13.1 Å². The van der Waals surface area contributed by atoms with Crippen molar-refractivity contribution in [2.24, 2.45) is 11.7 Å². The van der Waals surface area contributed by atoms with Crippen LogP contribution in [0, 0.1) is 5.92 Å². The second-order valence-corrected chi connectivity index (χ2v) is 6.67. The average molecular weight is 289 g/mol. The monoisotopic (exact) mass is 288 g/mol. The Morgan fingerprint density at radius 2 is 2.20 bits per heavy atom. The normalized spacial score (nSPS) is 20.4. The zero-order valence-electron chi connectivity index (χ0n) is 8.71. The molecule has 1 aliphatic rings. The third-order valence-electron chi connectivity index (χ3n) is 3.01. The molecule has 3 N–H and O–H groups in total. The fourth-order valence-corrected chi connectivity index (χ4v) is 3.56. The van der Waals surface area contributed by atoms with Crippen LogP contribution in [-0.2, 0) is 0 Å². The van der Waals surface area contributed by atoms with E-state index in [1.165, 1.54) is 21.5 Å². The standard InChI is InChI=1S/C11H17BrN2S/c12-11-2-1-10(15-11)9(13)7-8-3-5-14-6-4-8/h1-2,8-9,14H,3-7,13H2.